The Morgan fingerprint density at radius 2 is 1.76 bits per heavy atom. The summed E-state index contributed by atoms with van der Waals surface area (Å²) in [6.07, 6.45) is 0.539. The van der Waals surface area contributed by atoms with Gasteiger partial charge in [0.15, 0.2) is 5.82 Å². The molecule has 0 aliphatic carbocycles. The number of aromatic amines is 1. The van der Waals surface area contributed by atoms with Crippen molar-refractivity contribution in [1.82, 2.24) is 35.4 Å². The van der Waals surface area contributed by atoms with Gasteiger partial charge in [-0.25, -0.2) is 14.8 Å². The minimum absolute atomic E-state index is 0.257. The van der Waals surface area contributed by atoms with Crippen LogP contribution in [0.4, 0.5) is 8.78 Å². The average Bonchev–Trinajstić information content (AvgIpc) is 3.45. The first-order valence-electron chi connectivity index (χ1n) is 11.1. The standard InChI is InChI=1S/C24H27F2N7/c1-4-13-24(25,26)23-27-21(33(30-23)15-16(2)3)14-17-9-11-18(12-10-17)19-7-5-6-8-20(19)22-28-31-32-29-22/h5-12,16H,4,13-15H2,1-3H3,(H,28,29,31,32). The van der Waals surface area contributed by atoms with Gasteiger partial charge in [-0.15, -0.1) is 10.2 Å². The molecule has 2 heterocycles. The Hall–Kier alpha value is -3.49. The predicted octanol–water partition coefficient (Wildman–Crippen LogP) is 5.26. The first-order chi connectivity index (χ1) is 15.9. The van der Waals surface area contributed by atoms with Gasteiger partial charge in [0.05, 0.1) is 0 Å². The zero-order valence-electron chi connectivity index (χ0n) is 19.0. The molecule has 0 saturated heterocycles. The van der Waals surface area contributed by atoms with Crippen LogP contribution in [0.1, 0.15) is 50.8 Å². The molecule has 172 valence electrons. The summed E-state index contributed by atoms with van der Waals surface area (Å²) >= 11 is 0. The molecule has 4 aromatic rings. The molecule has 0 fully saturated rings. The number of H-pyrrole nitrogens is 1. The molecule has 0 saturated carbocycles. The van der Waals surface area contributed by atoms with Gasteiger partial charge in [0.1, 0.15) is 5.82 Å². The zero-order valence-corrected chi connectivity index (χ0v) is 19.0. The molecule has 7 nitrogen and oxygen atoms in total. The molecular formula is C24H27F2N7. The molecule has 0 unspecified atom stereocenters. The second kappa shape index (κ2) is 9.56. The van der Waals surface area contributed by atoms with Gasteiger partial charge in [0.2, 0.25) is 5.82 Å². The fourth-order valence-electron chi connectivity index (χ4n) is 3.78. The maximum absolute atomic E-state index is 14.5. The summed E-state index contributed by atoms with van der Waals surface area (Å²) in [7, 11) is 0. The lowest BCUT2D eigenvalue weighted by Gasteiger charge is -2.10. The lowest BCUT2D eigenvalue weighted by atomic mass is 9.98. The molecule has 0 aliphatic rings. The van der Waals surface area contributed by atoms with Gasteiger partial charge in [-0.3, -0.25) is 0 Å². The summed E-state index contributed by atoms with van der Waals surface area (Å²) in [6.45, 7) is 6.34. The van der Waals surface area contributed by atoms with E-state index < -0.39 is 5.92 Å². The minimum Gasteiger partial charge on any atom is -0.249 e. The van der Waals surface area contributed by atoms with Gasteiger partial charge in [-0.05, 0) is 39.5 Å². The lowest BCUT2D eigenvalue weighted by molar-refractivity contribution is -0.0233. The van der Waals surface area contributed by atoms with Gasteiger partial charge in [-0.1, -0.05) is 69.3 Å². The van der Waals surface area contributed by atoms with Crippen molar-refractivity contribution in [3.63, 3.8) is 0 Å². The van der Waals surface area contributed by atoms with E-state index in [-0.39, 0.29) is 18.2 Å². The van der Waals surface area contributed by atoms with Crippen molar-refractivity contribution in [1.29, 1.82) is 0 Å². The average molecular weight is 452 g/mol. The van der Waals surface area contributed by atoms with Gasteiger partial charge in [-0.2, -0.15) is 8.78 Å². The number of alkyl halides is 2. The second-order valence-corrected chi connectivity index (χ2v) is 8.55. The second-order valence-electron chi connectivity index (χ2n) is 8.55. The maximum Gasteiger partial charge on any atom is 0.308 e. The molecule has 4 rings (SSSR count). The molecule has 0 radical (unpaired) electrons. The monoisotopic (exact) mass is 451 g/mol. The summed E-state index contributed by atoms with van der Waals surface area (Å²) in [4.78, 5) is 4.25. The third-order valence-electron chi connectivity index (χ3n) is 5.33. The summed E-state index contributed by atoms with van der Waals surface area (Å²) in [5.74, 6) is -1.99. The van der Waals surface area contributed by atoms with Crippen LogP contribution in [0.3, 0.4) is 0 Å². The molecule has 1 N–H and O–H groups in total. The number of tetrazole rings is 1. The lowest BCUT2D eigenvalue weighted by Crippen LogP contribution is -2.16. The maximum atomic E-state index is 14.5. The van der Waals surface area contributed by atoms with E-state index in [0.717, 1.165) is 22.3 Å². The highest BCUT2D eigenvalue weighted by molar-refractivity contribution is 5.80. The van der Waals surface area contributed by atoms with E-state index in [9.17, 15) is 8.78 Å². The van der Waals surface area contributed by atoms with Crippen molar-refractivity contribution in [2.24, 2.45) is 5.92 Å². The smallest absolute Gasteiger partial charge is 0.249 e. The summed E-state index contributed by atoms with van der Waals surface area (Å²) in [5.41, 5.74) is 3.87. The summed E-state index contributed by atoms with van der Waals surface area (Å²) in [5, 5.41) is 18.3. The van der Waals surface area contributed by atoms with E-state index in [1.165, 1.54) is 0 Å². The highest BCUT2D eigenvalue weighted by atomic mass is 19.3. The molecule has 2 aromatic heterocycles. The van der Waals surface area contributed by atoms with Crippen molar-refractivity contribution in [3.8, 4) is 22.5 Å². The molecule has 0 atom stereocenters. The molecule has 2 aromatic carbocycles. The molecule has 0 bridgehead atoms. The molecule has 0 aliphatic heterocycles. The molecule has 0 amide bonds. The van der Waals surface area contributed by atoms with Crippen molar-refractivity contribution in [3.05, 3.63) is 65.7 Å². The van der Waals surface area contributed by atoms with Gasteiger partial charge in [0.25, 0.3) is 0 Å². The molecular weight excluding hydrogens is 424 g/mol. The third kappa shape index (κ3) is 5.13. The highest BCUT2D eigenvalue weighted by Crippen LogP contribution is 2.32. The SMILES string of the molecule is CCCC(F)(F)c1nc(Cc2ccc(-c3ccccc3-c3nnn[nH]3)cc2)n(CC(C)C)n1. The van der Waals surface area contributed by atoms with Crippen molar-refractivity contribution in [2.75, 3.05) is 0 Å². The Morgan fingerprint density at radius 1 is 1.03 bits per heavy atom. The summed E-state index contributed by atoms with van der Waals surface area (Å²) < 4.78 is 30.6. The Bertz CT molecular complexity index is 1180. The van der Waals surface area contributed by atoms with Crippen LogP contribution in [0.5, 0.6) is 0 Å². The normalized spacial score (nSPS) is 11.9. The van der Waals surface area contributed by atoms with Crippen molar-refractivity contribution in [2.45, 2.75) is 52.5 Å². The van der Waals surface area contributed by atoms with E-state index in [1.54, 1.807) is 11.6 Å². The Balaban J connectivity index is 1.61. The fourth-order valence-corrected chi connectivity index (χ4v) is 3.78. The Kier molecular flexibility index (Phi) is 6.57. The molecule has 0 spiro atoms. The van der Waals surface area contributed by atoms with Crippen LogP contribution >= 0.6 is 0 Å². The minimum atomic E-state index is -3.02. The fraction of sp³-hybridized carbons (Fsp3) is 0.375. The number of nitrogens with one attached hydrogen (secondary N) is 1. The van der Waals surface area contributed by atoms with Crippen LogP contribution in [0.2, 0.25) is 0 Å². The van der Waals surface area contributed by atoms with Crippen molar-refractivity contribution >= 4 is 0 Å². The van der Waals surface area contributed by atoms with Crippen molar-refractivity contribution < 1.29 is 8.78 Å². The van der Waals surface area contributed by atoms with Gasteiger partial charge < -0.3 is 0 Å². The number of aromatic nitrogens is 7. The number of nitrogens with zero attached hydrogens (tertiary/aromatic N) is 6. The first kappa shape index (κ1) is 22.7. The highest BCUT2D eigenvalue weighted by Gasteiger charge is 2.36. The van der Waals surface area contributed by atoms with E-state index >= 15 is 0 Å². The van der Waals surface area contributed by atoms with Crippen LogP contribution < -0.4 is 0 Å². The first-order valence-corrected chi connectivity index (χ1v) is 11.1. The Morgan fingerprint density at radius 3 is 2.39 bits per heavy atom. The number of benzene rings is 2. The molecule has 9 heteroatoms. The van der Waals surface area contributed by atoms with Crippen LogP contribution in [0.25, 0.3) is 22.5 Å². The number of halogens is 2. The van der Waals surface area contributed by atoms with Gasteiger partial charge in [0, 0.05) is 24.9 Å². The van der Waals surface area contributed by atoms with Gasteiger partial charge >= 0.3 is 5.92 Å². The predicted molar refractivity (Wildman–Crippen MR) is 122 cm³/mol. The third-order valence-corrected chi connectivity index (χ3v) is 5.33. The van der Waals surface area contributed by atoms with Crippen LogP contribution in [-0.4, -0.2) is 35.4 Å². The zero-order chi connectivity index (χ0) is 23.4. The number of hydrogen-bond acceptors (Lipinski definition) is 5. The summed E-state index contributed by atoms with van der Waals surface area (Å²) in [6, 6.07) is 15.9. The van der Waals surface area contributed by atoms with Crippen LogP contribution in [0.15, 0.2) is 48.5 Å². The van der Waals surface area contributed by atoms with E-state index in [4.69, 9.17) is 0 Å². The number of hydrogen-bond donors (Lipinski definition) is 1. The van der Waals surface area contributed by atoms with Crippen LogP contribution in [-0.2, 0) is 18.9 Å². The van der Waals surface area contributed by atoms with E-state index in [1.807, 2.05) is 62.4 Å². The van der Waals surface area contributed by atoms with Crippen LogP contribution in [0, 0.1) is 5.92 Å². The Labute approximate surface area is 191 Å². The quantitative estimate of drug-likeness (QED) is 0.375. The topological polar surface area (TPSA) is 85.2 Å². The number of rotatable bonds is 9. The molecule has 33 heavy (non-hydrogen) atoms. The van der Waals surface area contributed by atoms with E-state index in [2.05, 4.69) is 30.7 Å². The largest absolute Gasteiger partial charge is 0.308 e. The van der Waals surface area contributed by atoms with E-state index in [0.29, 0.717) is 31.0 Å².